The molecule has 0 heterocycles. The number of aryl methyl sites for hydroxylation is 1. The third-order valence-electron chi connectivity index (χ3n) is 1.82. The van der Waals surface area contributed by atoms with Gasteiger partial charge in [0.05, 0.1) is 0 Å². The second-order valence-corrected chi connectivity index (χ2v) is 6.18. The molecule has 0 saturated carbocycles. The van der Waals surface area contributed by atoms with Crippen molar-refractivity contribution in [3.63, 3.8) is 0 Å². The average Bonchev–Trinajstić information content (AvgIpc) is 1.97. The molecule has 0 spiro atoms. The Hall–Kier alpha value is -0.130. The molecule has 0 fully saturated rings. The molecule has 0 unspecified atom stereocenters. The van der Waals surface area contributed by atoms with Crippen LogP contribution >= 0.6 is 26.6 Å². The zero-order chi connectivity index (χ0) is 11.1. The van der Waals surface area contributed by atoms with Gasteiger partial charge in [0.2, 0.25) is 0 Å². The molecular weight excluding hydrogens is 295 g/mol. The minimum absolute atomic E-state index is 0.289. The summed E-state index contributed by atoms with van der Waals surface area (Å²) in [5.41, 5.74) is 0.918. The summed E-state index contributed by atoms with van der Waals surface area (Å²) >= 11 is 3.17. The summed E-state index contributed by atoms with van der Waals surface area (Å²) in [6.45, 7) is 3.17. The fourth-order valence-corrected chi connectivity index (χ4v) is 2.96. The molecular formula is C8H7BrClFO2S. The van der Waals surface area contributed by atoms with Crippen LogP contribution < -0.4 is 0 Å². The van der Waals surface area contributed by atoms with Crippen molar-refractivity contribution >= 4 is 35.7 Å². The Kier molecular flexibility index (Phi) is 3.23. The lowest BCUT2D eigenvalue weighted by Crippen LogP contribution is -2.01. The van der Waals surface area contributed by atoms with E-state index in [1.165, 1.54) is 6.92 Å². The van der Waals surface area contributed by atoms with E-state index in [2.05, 4.69) is 15.9 Å². The summed E-state index contributed by atoms with van der Waals surface area (Å²) in [5, 5.41) is 0. The van der Waals surface area contributed by atoms with E-state index in [1.54, 1.807) is 6.92 Å². The highest BCUT2D eigenvalue weighted by Gasteiger charge is 2.21. The van der Waals surface area contributed by atoms with E-state index in [-0.39, 0.29) is 5.56 Å². The van der Waals surface area contributed by atoms with Gasteiger partial charge in [0.1, 0.15) is 10.7 Å². The van der Waals surface area contributed by atoms with E-state index in [0.29, 0.717) is 10.0 Å². The minimum atomic E-state index is -4.04. The van der Waals surface area contributed by atoms with E-state index < -0.39 is 19.8 Å². The summed E-state index contributed by atoms with van der Waals surface area (Å²) in [6, 6.07) is 1.13. The van der Waals surface area contributed by atoms with Gasteiger partial charge in [0.15, 0.2) is 0 Å². The summed E-state index contributed by atoms with van der Waals surface area (Å²) in [7, 11) is 1.07. The van der Waals surface area contributed by atoms with Gasteiger partial charge < -0.3 is 0 Å². The molecule has 1 aromatic carbocycles. The Morgan fingerprint density at radius 3 is 2.36 bits per heavy atom. The van der Waals surface area contributed by atoms with Gasteiger partial charge in [-0.15, -0.1) is 0 Å². The fourth-order valence-electron chi connectivity index (χ4n) is 1.19. The molecule has 2 nitrogen and oxygen atoms in total. The average molecular weight is 302 g/mol. The van der Waals surface area contributed by atoms with Crippen LogP contribution in [0.4, 0.5) is 4.39 Å². The molecule has 0 aromatic heterocycles. The third-order valence-corrected chi connectivity index (χ3v) is 4.49. The molecule has 0 atom stereocenters. The van der Waals surface area contributed by atoms with Crippen molar-refractivity contribution in [2.45, 2.75) is 18.7 Å². The van der Waals surface area contributed by atoms with E-state index in [4.69, 9.17) is 10.7 Å². The van der Waals surface area contributed by atoms with Crippen molar-refractivity contribution in [2.24, 2.45) is 0 Å². The zero-order valence-electron chi connectivity index (χ0n) is 7.44. The molecule has 6 heteroatoms. The second kappa shape index (κ2) is 3.79. The van der Waals surface area contributed by atoms with Crippen molar-refractivity contribution in [2.75, 3.05) is 0 Å². The van der Waals surface area contributed by atoms with Crippen LogP contribution in [0, 0.1) is 19.7 Å². The van der Waals surface area contributed by atoms with Gasteiger partial charge >= 0.3 is 0 Å². The Balaban J connectivity index is 3.70. The predicted octanol–water partition coefficient (Wildman–Crippen LogP) is 3.13. The first-order valence-corrected chi connectivity index (χ1v) is 6.75. The number of benzene rings is 1. The molecule has 0 amide bonds. The molecule has 0 N–H and O–H groups in total. The van der Waals surface area contributed by atoms with Gasteiger partial charge in [-0.05, 0) is 31.0 Å². The smallest absolute Gasteiger partial charge is 0.207 e. The Morgan fingerprint density at radius 1 is 1.43 bits per heavy atom. The summed E-state index contributed by atoms with van der Waals surface area (Å²) in [6.07, 6.45) is 0. The first-order chi connectivity index (χ1) is 6.25. The molecule has 0 saturated heterocycles. The van der Waals surface area contributed by atoms with Crippen LogP contribution in [0.15, 0.2) is 15.4 Å². The highest BCUT2D eigenvalue weighted by atomic mass is 79.9. The highest BCUT2D eigenvalue weighted by molar-refractivity contribution is 9.10. The molecule has 0 aliphatic carbocycles. The quantitative estimate of drug-likeness (QED) is 0.747. The summed E-state index contributed by atoms with van der Waals surface area (Å²) < 4.78 is 35.9. The van der Waals surface area contributed by atoms with Gasteiger partial charge in [-0.25, -0.2) is 12.8 Å². The van der Waals surface area contributed by atoms with Crippen LogP contribution in [0.5, 0.6) is 0 Å². The maximum absolute atomic E-state index is 13.3. The molecule has 0 bridgehead atoms. The van der Waals surface area contributed by atoms with Crippen LogP contribution in [0.2, 0.25) is 0 Å². The number of hydrogen-bond acceptors (Lipinski definition) is 2. The van der Waals surface area contributed by atoms with Crippen LogP contribution in [-0.2, 0) is 9.05 Å². The van der Waals surface area contributed by atoms with Crippen molar-refractivity contribution in [3.8, 4) is 0 Å². The SMILES string of the molecule is Cc1cc(F)c(S(=O)(=O)Cl)c(C)c1Br. The van der Waals surface area contributed by atoms with Crippen LogP contribution in [-0.4, -0.2) is 8.42 Å². The molecule has 78 valence electrons. The summed E-state index contributed by atoms with van der Waals surface area (Å²) in [4.78, 5) is -0.461. The molecule has 14 heavy (non-hydrogen) atoms. The van der Waals surface area contributed by atoms with Gasteiger partial charge in [-0.1, -0.05) is 15.9 Å². The second-order valence-electron chi connectivity index (χ2n) is 2.88. The highest BCUT2D eigenvalue weighted by Crippen LogP contribution is 2.31. The van der Waals surface area contributed by atoms with E-state index in [1.807, 2.05) is 0 Å². The van der Waals surface area contributed by atoms with Gasteiger partial charge in [-0.2, -0.15) is 0 Å². The third kappa shape index (κ3) is 2.10. The van der Waals surface area contributed by atoms with Crippen molar-refractivity contribution < 1.29 is 12.8 Å². The summed E-state index contributed by atoms with van der Waals surface area (Å²) in [5.74, 6) is -0.821. The lowest BCUT2D eigenvalue weighted by Gasteiger charge is -2.08. The first kappa shape index (κ1) is 11.9. The molecule has 0 radical (unpaired) electrons. The van der Waals surface area contributed by atoms with E-state index in [9.17, 15) is 12.8 Å². The van der Waals surface area contributed by atoms with Gasteiger partial charge in [0, 0.05) is 15.2 Å². The number of halogens is 3. The molecule has 0 aliphatic rings. The van der Waals surface area contributed by atoms with E-state index >= 15 is 0 Å². The van der Waals surface area contributed by atoms with Crippen molar-refractivity contribution in [3.05, 3.63) is 27.5 Å². The topological polar surface area (TPSA) is 34.1 Å². The minimum Gasteiger partial charge on any atom is -0.207 e. The maximum atomic E-state index is 13.3. The zero-order valence-corrected chi connectivity index (χ0v) is 10.6. The predicted molar refractivity (Wildman–Crippen MR) is 56.6 cm³/mol. The fraction of sp³-hybridized carbons (Fsp3) is 0.250. The largest absolute Gasteiger partial charge is 0.264 e. The van der Waals surface area contributed by atoms with Crippen molar-refractivity contribution in [1.29, 1.82) is 0 Å². The van der Waals surface area contributed by atoms with E-state index in [0.717, 1.165) is 6.07 Å². The van der Waals surface area contributed by atoms with Crippen LogP contribution in [0.1, 0.15) is 11.1 Å². The maximum Gasteiger partial charge on any atom is 0.264 e. The van der Waals surface area contributed by atoms with Crippen LogP contribution in [0.3, 0.4) is 0 Å². The van der Waals surface area contributed by atoms with Crippen molar-refractivity contribution in [1.82, 2.24) is 0 Å². The Bertz CT molecular complexity index is 485. The number of rotatable bonds is 1. The van der Waals surface area contributed by atoms with Gasteiger partial charge in [0.25, 0.3) is 9.05 Å². The Labute approximate surface area is 94.6 Å². The van der Waals surface area contributed by atoms with Gasteiger partial charge in [-0.3, -0.25) is 0 Å². The molecule has 1 rings (SSSR count). The normalized spacial score (nSPS) is 11.8. The lowest BCUT2D eigenvalue weighted by molar-refractivity contribution is 0.572. The monoisotopic (exact) mass is 300 g/mol. The Morgan fingerprint density at radius 2 is 1.93 bits per heavy atom. The lowest BCUT2D eigenvalue weighted by atomic mass is 10.1. The number of hydrogen-bond donors (Lipinski definition) is 0. The first-order valence-electron chi connectivity index (χ1n) is 3.65. The standard InChI is InChI=1S/C8H7BrClFO2S/c1-4-3-6(11)8(14(10,12)13)5(2)7(4)9/h3H,1-2H3. The molecule has 1 aromatic rings. The van der Waals surface area contributed by atoms with Crippen LogP contribution in [0.25, 0.3) is 0 Å². The molecule has 0 aliphatic heterocycles.